The maximum absolute atomic E-state index is 12.2. The number of benzene rings is 2. The van der Waals surface area contributed by atoms with E-state index >= 15 is 0 Å². The first-order chi connectivity index (χ1) is 10.1. The van der Waals surface area contributed by atoms with Crippen molar-refractivity contribution in [2.75, 3.05) is 5.32 Å². The Morgan fingerprint density at radius 2 is 1.86 bits per heavy atom. The number of carbonyl (C=O) groups is 2. The first-order valence-corrected chi connectivity index (χ1v) is 6.86. The lowest BCUT2D eigenvalue weighted by molar-refractivity contribution is -0.125. The van der Waals surface area contributed by atoms with Gasteiger partial charge in [0.15, 0.2) is 6.10 Å². The third kappa shape index (κ3) is 2.90. The second-order valence-corrected chi connectivity index (χ2v) is 5.19. The molecule has 106 valence electrons. The summed E-state index contributed by atoms with van der Waals surface area (Å²) in [5, 5.41) is 3.30. The van der Waals surface area contributed by atoms with E-state index in [0.717, 1.165) is 5.56 Å². The summed E-state index contributed by atoms with van der Waals surface area (Å²) < 4.78 is 5.19. The van der Waals surface area contributed by atoms with E-state index in [4.69, 9.17) is 16.3 Å². The van der Waals surface area contributed by atoms with Gasteiger partial charge >= 0.3 is 5.97 Å². The van der Waals surface area contributed by atoms with Crippen LogP contribution < -0.4 is 5.32 Å². The zero-order valence-corrected chi connectivity index (χ0v) is 11.8. The molecule has 1 atom stereocenters. The number of hydrogen-bond donors (Lipinski definition) is 1. The van der Waals surface area contributed by atoms with Gasteiger partial charge in [-0.25, -0.2) is 4.79 Å². The Hall–Kier alpha value is -2.33. The Bertz CT molecular complexity index is 697. The molecule has 1 aliphatic heterocycles. The second-order valence-electron chi connectivity index (χ2n) is 4.75. The first-order valence-electron chi connectivity index (χ1n) is 6.49. The van der Waals surface area contributed by atoms with E-state index < -0.39 is 12.1 Å². The van der Waals surface area contributed by atoms with Crippen LogP contribution in [0.15, 0.2) is 48.5 Å². The minimum atomic E-state index is -0.817. The lowest BCUT2D eigenvalue weighted by atomic mass is 9.98. The fourth-order valence-corrected chi connectivity index (χ4v) is 2.36. The summed E-state index contributed by atoms with van der Waals surface area (Å²) in [6.07, 6.45) is -0.440. The zero-order valence-electron chi connectivity index (χ0n) is 11.0. The number of esters is 1. The van der Waals surface area contributed by atoms with Crippen LogP contribution >= 0.6 is 11.6 Å². The van der Waals surface area contributed by atoms with Crippen LogP contribution in [0.5, 0.6) is 0 Å². The molecule has 0 bridgehead atoms. The third-order valence-corrected chi connectivity index (χ3v) is 3.55. The van der Waals surface area contributed by atoms with Crippen molar-refractivity contribution in [1.29, 1.82) is 0 Å². The van der Waals surface area contributed by atoms with Gasteiger partial charge in [-0.15, -0.1) is 0 Å². The number of hydrogen-bond acceptors (Lipinski definition) is 3. The Morgan fingerprint density at radius 1 is 1.14 bits per heavy atom. The fraction of sp³-hybridized carbons (Fsp3) is 0.125. The highest BCUT2D eigenvalue weighted by atomic mass is 35.5. The molecule has 1 heterocycles. The van der Waals surface area contributed by atoms with Gasteiger partial charge in [-0.3, -0.25) is 4.79 Å². The molecule has 0 aliphatic carbocycles. The van der Waals surface area contributed by atoms with Gasteiger partial charge in [0.05, 0.1) is 5.56 Å². The van der Waals surface area contributed by atoms with Crippen LogP contribution in [0.1, 0.15) is 15.9 Å². The molecule has 0 radical (unpaired) electrons. The molecule has 1 amide bonds. The summed E-state index contributed by atoms with van der Waals surface area (Å²) in [6.45, 7) is 0. The molecule has 1 N–H and O–H groups in total. The van der Waals surface area contributed by atoms with Crippen LogP contribution in [0, 0.1) is 0 Å². The Morgan fingerprint density at radius 3 is 2.62 bits per heavy atom. The predicted molar refractivity (Wildman–Crippen MR) is 79.4 cm³/mol. The SMILES string of the molecule is O=C1OC(C(=O)Nc2ccc(Cl)cc2)Cc2ccccc21. The molecule has 5 heteroatoms. The van der Waals surface area contributed by atoms with Crippen LogP contribution in [-0.4, -0.2) is 18.0 Å². The Balaban J connectivity index is 1.75. The summed E-state index contributed by atoms with van der Waals surface area (Å²) in [5.41, 5.74) is 1.96. The average Bonchev–Trinajstić information content (AvgIpc) is 2.49. The van der Waals surface area contributed by atoms with Crippen LogP contribution in [0.3, 0.4) is 0 Å². The maximum Gasteiger partial charge on any atom is 0.339 e. The number of ether oxygens (including phenoxy) is 1. The molecule has 0 spiro atoms. The molecule has 0 aromatic heterocycles. The average molecular weight is 302 g/mol. The van der Waals surface area contributed by atoms with E-state index in [1.165, 1.54) is 0 Å². The summed E-state index contributed by atoms with van der Waals surface area (Å²) in [6, 6.07) is 13.9. The minimum absolute atomic E-state index is 0.347. The molecule has 4 nitrogen and oxygen atoms in total. The van der Waals surface area contributed by atoms with E-state index in [2.05, 4.69) is 5.32 Å². The quantitative estimate of drug-likeness (QED) is 0.867. The van der Waals surface area contributed by atoms with E-state index in [-0.39, 0.29) is 5.91 Å². The molecule has 0 saturated heterocycles. The van der Waals surface area contributed by atoms with Crippen LogP contribution in [0.4, 0.5) is 5.69 Å². The highest BCUT2D eigenvalue weighted by Gasteiger charge is 2.30. The van der Waals surface area contributed by atoms with E-state index in [0.29, 0.717) is 22.7 Å². The first kappa shape index (κ1) is 13.6. The van der Waals surface area contributed by atoms with Crippen LogP contribution in [0.2, 0.25) is 5.02 Å². The van der Waals surface area contributed by atoms with Crippen LogP contribution in [-0.2, 0) is 16.0 Å². The van der Waals surface area contributed by atoms with Crippen molar-refractivity contribution >= 4 is 29.2 Å². The largest absolute Gasteiger partial charge is 0.448 e. The molecule has 1 unspecified atom stereocenters. The Labute approximate surface area is 126 Å². The summed E-state index contributed by atoms with van der Waals surface area (Å²) in [4.78, 5) is 24.1. The summed E-state index contributed by atoms with van der Waals surface area (Å²) >= 11 is 5.79. The highest BCUT2D eigenvalue weighted by Crippen LogP contribution is 2.22. The van der Waals surface area contributed by atoms with Gasteiger partial charge in [0.1, 0.15) is 0 Å². The van der Waals surface area contributed by atoms with Gasteiger partial charge in [0.25, 0.3) is 5.91 Å². The smallest absolute Gasteiger partial charge is 0.339 e. The summed E-state index contributed by atoms with van der Waals surface area (Å²) in [7, 11) is 0. The maximum atomic E-state index is 12.2. The monoisotopic (exact) mass is 301 g/mol. The highest BCUT2D eigenvalue weighted by molar-refractivity contribution is 6.30. The number of anilines is 1. The van der Waals surface area contributed by atoms with Crippen molar-refractivity contribution in [3.05, 3.63) is 64.7 Å². The van der Waals surface area contributed by atoms with Crippen molar-refractivity contribution in [2.45, 2.75) is 12.5 Å². The molecule has 21 heavy (non-hydrogen) atoms. The molecular formula is C16H12ClNO3. The number of fused-ring (bicyclic) bond motifs is 1. The Kier molecular flexibility index (Phi) is 3.62. The molecule has 3 rings (SSSR count). The minimum Gasteiger partial charge on any atom is -0.448 e. The van der Waals surface area contributed by atoms with Crippen molar-refractivity contribution in [3.63, 3.8) is 0 Å². The molecule has 0 fully saturated rings. The van der Waals surface area contributed by atoms with Gasteiger partial charge in [-0.05, 0) is 35.9 Å². The molecular weight excluding hydrogens is 290 g/mol. The van der Waals surface area contributed by atoms with Gasteiger partial charge in [0, 0.05) is 17.1 Å². The van der Waals surface area contributed by atoms with Gasteiger partial charge in [0.2, 0.25) is 0 Å². The number of rotatable bonds is 2. The third-order valence-electron chi connectivity index (χ3n) is 3.30. The van der Waals surface area contributed by atoms with E-state index in [9.17, 15) is 9.59 Å². The molecule has 2 aromatic carbocycles. The van der Waals surface area contributed by atoms with E-state index in [1.807, 2.05) is 12.1 Å². The predicted octanol–water partition coefficient (Wildman–Crippen LogP) is 3.06. The van der Waals surface area contributed by atoms with E-state index in [1.54, 1.807) is 36.4 Å². The number of amides is 1. The number of halogens is 1. The normalized spacial score (nSPS) is 16.8. The van der Waals surface area contributed by atoms with Crippen molar-refractivity contribution in [1.82, 2.24) is 0 Å². The lowest BCUT2D eigenvalue weighted by Gasteiger charge is -2.23. The number of nitrogens with one attached hydrogen (secondary N) is 1. The standard InChI is InChI=1S/C16H12ClNO3/c17-11-5-7-12(8-6-11)18-15(19)14-9-10-3-1-2-4-13(10)16(20)21-14/h1-8,14H,9H2,(H,18,19). The van der Waals surface area contributed by atoms with Crippen LogP contribution in [0.25, 0.3) is 0 Å². The topological polar surface area (TPSA) is 55.4 Å². The molecule has 2 aromatic rings. The van der Waals surface area contributed by atoms with Gasteiger partial charge < -0.3 is 10.1 Å². The van der Waals surface area contributed by atoms with Crippen molar-refractivity contribution in [3.8, 4) is 0 Å². The van der Waals surface area contributed by atoms with Crippen molar-refractivity contribution < 1.29 is 14.3 Å². The van der Waals surface area contributed by atoms with Crippen molar-refractivity contribution in [2.24, 2.45) is 0 Å². The zero-order chi connectivity index (χ0) is 14.8. The lowest BCUT2D eigenvalue weighted by Crippen LogP contribution is -2.37. The fourth-order valence-electron chi connectivity index (χ4n) is 2.23. The number of cyclic esters (lactones) is 1. The second kappa shape index (κ2) is 5.58. The number of carbonyl (C=O) groups excluding carboxylic acids is 2. The van der Waals surface area contributed by atoms with Gasteiger partial charge in [-0.2, -0.15) is 0 Å². The molecule has 0 saturated carbocycles. The molecule has 1 aliphatic rings. The summed E-state index contributed by atoms with van der Waals surface area (Å²) in [5.74, 6) is -0.812. The van der Waals surface area contributed by atoms with Gasteiger partial charge in [-0.1, -0.05) is 29.8 Å².